The van der Waals surface area contributed by atoms with Crippen molar-refractivity contribution in [1.82, 2.24) is 19.7 Å². The van der Waals surface area contributed by atoms with Crippen LogP contribution in [0.4, 0.5) is 26.3 Å². The summed E-state index contributed by atoms with van der Waals surface area (Å²) in [7, 11) is 1.88. The Labute approximate surface area is 215 Å². The Morgan fingerprint density at radius 3 is 2.24 bits per heavy atom. The zero-order valence-corrected chi connectivity index (χ0v) is 20.8. The van der Waals surface area contributed by atoms with Crippen molar-refractivity contribution in [2.75, 3.05) is 7.05 Å². The minimum absolute atomic E-state index is 0.0819. The number of aromatic amines is 1. The van der Waals surface area contributed by atoms with Crippen molar-refractivity contribution >= 4 is 0 Å². The van der Waals surface area contributed by atoms with E-state index >= 15 is 0 Å². The molecule has 0 spiro atoms. The minimum atomic E-state index is -4.94. The maximum absolute atomic E-state index is 13.4. The van der Waals surface area contributed by atoms with E-state index < -0.39 is 41.4 Å². The number of likely N-dealkylation sites (N-methyl/N-ethyl adjacent to an activating group) is 1. The number of halogens is 6. The van der Waals surface area contributed by atoms with Crippen molar-refractivity contribution in [3.63, 3.8) is 0 Å². The first-order valence-corrected chi connectivity index (χ1v) is 12.1. The second kappa shape index (κ2) is 10.9. The smallest absolute Gasteiger partial charge is 0.370 e. The molecule has 3 aromatic rings. The summed E-state index contributed by atoms with van der Waals surface area (Å²) in [6.07, 6.45) is -7.87. The van der Waals surface area contributed by atoms with E-state index in [4.69, 9.17) is 4.74 Å². The number of ether oxygens (including phenoxy) is 1. The molecule has 1 heterocycles. The van der Waals surface area contributed by atoms with Crippen LogP contribution >= 0.6 is 0 Å². The number of rotatable bonds is 7. The number of benzene rings is 2. The molecule has 0 bridgehead atoms. The summed E-state index contributed by atoms with van der Waals surface area (Å²) in [4.78, 5) is 17.1. The normalized spacial score (nSPS) is 21.6. The van der Waals surface area contributed by atoms with Gasteiger partial charge in [-0.3, -0.25) is 9.58 Å². The standard InChI is InChI=1S/C26H28F6N4O2/c1-16(18-11-19(25(27,28)29)13-20(12-18)26(30,31)32)38-22-10-6-9-21(23(22)17-7-4-3-5-8-17)35(2)15-36-14-33-24(37)34-36/h3-5,7-8,11-14,16,21-23H,6,9-10,15H2,1-2H3,(H,34,37). The first-order valence-electron chi connectivity index (χ1n) is 12.1. The largest absolute Gasteiger partial charge is 0.416 e. The highest BCUT2D eigenvalue weighted by Gasteiger charge is 2.40. The highest BCUT2D eigenvalue weighted by Crippen LogP contribution is 2.42. The SMILES string of the molecule is CC(OC1CCCC(N(C)Cn2cnc(=O)[nH]2)C1c1ccccc1)c1cc(C(F)(F)F)cc(C(F)(F)F)c1. The van der Waals surface area contributed by atoms with Gasteiger partial charge in [0, 0.05) is 12.0 Å². The van der Waals surface area contributed by atoms with Crippen LogP contribution in [0.25, 0.3) is 0 Å². The highest BCUT2D eigenvalue weighted by atomic mass is 19.4. The van der Waals surface area contributed by atoms with Gasteiger partial charge >= 0.3 is 18.0 Å². The van der Waals surface area contributed by atoms with Gasteiger partial charge in [-0.2, -0.15) is 31.3 Å². The molecule has 1 saturated carbocycles. The van der Waals surface area contributed by atoms with Gasteiger partial charge in [0.15, 0.2) is 0 Å². The van der Waals surface area contributed by atoms with E-state index in [2.05, 4.69) is 10.1 Å². The molecule has 206 valence electrons. The van der Waals surface area contributed by atoms with Crippen molar-refractivity contribution in [2.24, 2.45) is 0 Å². The van der Waals surface area contributed by atoms with Gasteiger partial charge < -0.3 is 4.74 Å². The molecule has 4 rings (SSSR count). The molecule has 12 heteroatoms. The number of hydrogen-bond acceptors (Lipinski definition) is 4. The molecule has 0 saturated heterocycles. The van der Waals surface area contributed by atoms with Crippen LogP contribution in [0.5, 0.6) is 0 Å². The maximum atomic E-state index is 13.4. The van der Waals surface area contributed by atoms with Crippen molar-refractivity contribution in [1.29, 1.82) is 0 Å². The molecule has 1 aliphatic rings. The van der Waals surface area contributed by atoms with E-state index in [0.29, 0.717) is 13.1 Å². The van der Waals surface area contributed by atoms with E-state index in [-0.39, 0.29) is 23.6 Å². The predicted octanol–water partition coefficient (Wildman–Crippen LogP) is 5.98. The topological polar surface area (TPSA) is 63.1 Å². The summed E-state index contributed by atoms with van der Waals surface area (Å²) >= 11 is 0. The third-order valence-electron chi connectivity index (χ3n) is 6.94. The van der Waals surface area contributed by atoms with Gasteiger partial charge in [-0.15, -0.1) is 0 Å². The van der Waals surface area contributed by atoms with Crippen LogP contribution < -0.4 is 5.69 Å². The average Bonchev–Trinajstić information content (AvgIpc) is 3.27. The lowest BCUT2D eigenvalue weighted by molar-refractivity contribution is -0.143. The highest BCUT2D eigenvalue weighted by molar-refractivity contribution is 5.35. The average molecular weight is 543 g/mol. The predicted molar refractivity (Wildman–Crippen MR) is 127 cm³/mol. The van der Waals surface area contributed by atoms with Gasteiger partial charge in [0.1, 0.15) is 6.33 Å². The summed E-state index contributed by atoms with van der Waals surface area (Å²) in [5.74, 6) is -0.222. The van der Waals surface area contributed by atoms with Crippen LogP contribution in [0.2, 0.25) is 0 Å². The molecule has 6 nitrogen and oxygen atoms in total. The van der Waals surface area contributed by atoms with Gasteiger partial charge in [0.25, 0.3) is 0 Å². The quantitative estimate of drug-likeness (QED) is 0.373. The molecule has 1 N–H and O–H groups in total. The van der Waals surface area contributed by atoms with E-state index in [0.717, 1.165) is 30.5 Å². The number of nitrogens with one attached hydrogen (secondary N) is 1. The van der Waals surface area contributed by atoms with Crippen LogP contribution in [-0.2, 0) is 23.8 Å². The molecule has 0 aliphatic heterocycles. The van der Waals surface area contributed by atoms with Crippen LogP contribution in [-0.4, -0.2) is 38.9 Å². The maximum Gasteiger partial charge on any atom is 0.416 e. The molecule has 4 atom stereocenters. The monoisotopic (exact) mass is 542 g/mol. The zero-order chi connectivity index (χ0) is 27.7. The van der Waals surface area contributed by atoms with E-state index in [1.807, 2.05) is 42.3 Å². The third-order valence-corrected chi connectivity index (χ3v) is 6.94. The van der Waals surface area contributed by atoms with E-state index in [1.54, 1.807) is 4.68 Å². The van der Waals surface area contributed by atoms with Crippen molar-refractivity contribution in [3.8, 4) is 0 Å². The van der Waals surface area contributed by atoms with Gasteiger partial charge in [-0.1, -0.05) is 30.3 Å². The minimum Gasteiger partial charge on any atom is -0.370 e. The van der Waals surface area contributed by atoms with Gasteiger partial charge in [-0.25, -0.2) is 9.89 Å². The van der Waals surface area contributed by atoms with E-state index in [1.165, 1.54) is 13.3 Å². The fourth-order valence-electron chi connectivity index (χ4n) is 5.17. The summed E-state index contributed by atoms with van der Waals surface area (Å²) in [5.41, 5.74) is -2.46. The molecule has 38 heavy (non-hydrogen) atoms. The molecule has 1 fully saturated rings. The number of alkyl halides is 6. The number of nitrogens with zero attached hydrogens (tertiary/aromatic N) is 3. The summed E-state index contributed by atoms with van der Waals surface area (Å²) < 4.78 is 88.3. The Morgan fingerprint density at radius 1 is 1.05 bits per heavy atom. The third kappa shape index (κ3) is 6.47. The zero-order valence-electron chi connectivity index (χ0n) is 20.8. The van der Waals surface area contributed by atoms with Gasteiger partial charge in [-0.05, 0) is 62.6 Å². The molecular formula is C26H28F6N4O2. The van der Waals surface area contributed by atoms with Crippen molar-refractivity contribution < 1.29 is 31.1 Å². The van der Waals surface area contributed by atoms with Crippen LogP contribution in [0, 0.1) is 0 Å². The molecule has 1 aromatic heterocycles. The Kier molecular flexibility index (Phi) is 8.03. The fraction of sp³-hybridized carbons (Fsp3) is 0.462. The first kappa shape index (κ1) is 27.9. The Hall–Kier alpha value is -3.12. The molecule has 0 amide bonds. The Morgan fingerprint density at radius 2 is 1.68 bits per heavy atom. The van der Waals surface area contributed by atoms with Crippen LogP contribution in [0.3, 0.4) is 0 Å². The molecule has 0 radical (unpaired) electrons. The number of aromatic nitrogens is 3. The summed E-state index contributed by atoms with van der Waals surface area (Å²) in [6, 6.07) is 11.0. The Bertz CT molecular complexity index is 1240. The lowest BCUT2D eigenvalue weighted by Crippen LogP contribution is -2.46. The van der Waals surface area contributed by atoms with Crippen LogP contribution in [0.15, 0.2) is 59.7 Å². The van der Waals surface area contributed by atoms with E-state index in [9.17, 15) is 31.1 Å². The molecular weight excluding hydrogens is 514 g/mol. The number of hydrogen-bond donors (Lipinski definition) is 1. The Balaban J connectivity index is 1.64. The van der Waals surface area contributed by atoms with Gasteiger partial charge in [0.05, 0.1) is 30.0 Å². The summed E-state index contributed by atoms with van der Waals surface area (Å²) in [5, 5.41) is 2.59. The molecule has 1 aliphatic carbocycles. The molecule has 4 unspecified atom stereocenters. The van der Waals surface area contributed by atoms with Crippen LogP contribution in [0.1, 0.15) is 60.5 Å². The first-order chi connectivity index (χ1) is 17.8. The number of H-pyrrole nitrogens is 1. The van der Waals surface area contributed by atoms with Crippen molar-refractivity contribution in [2.45, 2.75) is 69.4 Å². The van der Waals surface area contributed by atoms with Gasteiger partial charge in [0.2, 0.25) is 0 Å². The fourth-order valence-corrected chi connectivity index (χ4v) is 5.17. The summed E-state index contributed by atoms with van der Waals surface area (Å²) in [6.45, 7) is 1.80. The molecule has 2 aromatic carbocycles. The lowest BCUT2D eigenvalue weighted by Gasteiger charge is -2.43. The second-order valence-corrected chi connectivity index (χ2v) is 9.62. The lowest BCUT2D eigenvalue weighted by atomic mass is 9.77. The second-order valence-electron chi connectivity index (χ2n) is 9.62. The van der Waals surface area contributed by atoms with Crippen molar-refractivity contribution in [3.05, 3.63) is 87.6 Å².